The normalized spacial score (nSPS) is 16.2. The van der Waals surface area contributed by atoms with Crippen molar-refractivity contribution in [2.45, 2.75) is 25.7 Å². The Morgan fingerprint density at radius 2 is 1.90 bits per heavy atom. The number of anilines is 1. The van der Waals surface area contributed by atoms with E-state index in [9.17, 15) is 9.59 Å². The molecule has 2 heterocycles. The number of para-hydroxylation sites is 1. The van der Waals surface area contributed by atoms with Gasteiger partial charge in [-0.15, -0.1) is 11.3 Å². The number of methoxy groups -OCH3 is 2. The van der Waals surface area contributed by atoms with Crippen LogP contribution in [0.25, 0.3) is 10.2 Å². The van der Waals surface area contributed by atoms with Crippen molar-refractivity contribution in [1.82, 2.24) is 9.88 Å². The Labute approximate surface area is 185 Å². The summed E-state index contributed by atoms with van der Waals surface area (Å²) in [6, 6.07) is 11.4. The van der Waals surface area contributed by atoms with Gasteiger partial charge in [0.1, 0.15) is 0 Å². The number of ether oxygens (including phenoxy) is 2. The molecule has 0 saturated carbocycles. The second kappa shape index (κ2) is 8.93. The van der Waals surface area contributed by atoms with Crippen molar-refractivity contribution in [3.8, 4) is 11.5 Å². The summed E-state index contributed by atoms with van der Waals surface area (Å²) in [5.74, 6) is 0.690. The lowest BCUT2D eigenvalue weighted by atomic mass is 9.97. The molecule has 162 valence electrons. The van der Waals surface area contributed by atoms with Crippen LogP contribution < -0.4 is 14.8 Å². The minimum atomic E-state index is -0.257. The molecule has 0 bridgehead atoms. The van der Waals surface area contributed by atoms with E-state index in [-0.39, 0.29) is 17.7 Å². The lowest BCUT2D eigenvalue weighted by molar-refractivity contribution is -0.114. The Morgan fingerprint density at radius 3 is 2.61 bits per heavy atom. The predicted molar refractivity (Wildman–Crippen MR) is 121 cm³/mol. The highest BCUT2D eigenvalue weighted by Gasteiger charge is 2.29. The monoisotopic (exact) mass is 439 g/mol. The Hall–Kier alpha value is -3.13. The highest BCUT2D eigenvalue weighted by atomic mass is 32.1. The van der Waals surface area contributed by atoms with Crippen LogP contribution in [0.3, 0.4) is 0 Å². The number of piperidine rings is 1. The van der Waals surface area contributed by atoms with Gasteiger partial charge in [-0.05, 0) is 31.0 Å². The molecule has 0 spiro atoms. The van der Waals surface area contributed by atoms with Crippen molar-refractivity contribution in [2.75, 3.05) is 32.6 Å². The van der Waals surface area contributed by atoms with Gasteiger partial charge in [-0.25, -0.2) is 4.98 Å². The summed E-state index contributed by atoms with van der Waals surface area (Å²) in [4.78, 5) is 31.8. The summed E-state index contributed by atoms with van der Waals surface area (Å²) in [5, 5.41) is 3.81. The average molecular weight is 440 g/mol. The van der Waals surface area contributed by atoms with E-state index in [0.717, 1.165) is 28.1 Å². The van der Waals surface area contributed by atoms with E-state index in [2.05, 4.69) is 11.4 Å². The molecule has 1 aromatic heterocycles. The number of likely N-dealkylation sites (tertiary alicyclic amines) is 1. The van der Waals surface area contributed by atoms with Gasteiger partial charge < -0.3 is 19.7 Å². The summed E-state index contributed by atoms with van der Waals surface area (Å²) >= 11 is 1.69. The summed E-state index contributed by atoms with van der Waals surface area (Å²) in [7, 11) is 3.04. The van der Waals surface area contributed by atoms with Crippen LogP contribution >= 0.6 is 11.3 Å². The highest BCUT2D eigenvalue weighted by Crippen LogP contribution is 2.36. The SMILES string of the molecule is COc1cc(NC(C)=O)c(C(=O)N2CCC[C@H](c3nc4ccccc4s3)C2)cc1OC. The lowest BCUT2D eigenvalue weighted by Crippen LogP contribution is -2.39. The summed E-state index contributed by atoms with van der Waals surface area (Å²) in [5.41, 5.74) is 1.80. The second-order valence-corrected chi connectivity index (χ2v) is 8.61. The van der Waals surface area contributed by atoms with Crippen LogP contribution in [0.2, 0.25) is 0 Å². The summed E-state index contributed by atoms with van der Waals surface area (Å²) in [6.45, 7) is 2.66. The number of nitrogens with one attached hydrogen (secondary N) is 1. The van der Waals surface area contributed by atoms with Crippen LogP contribution in [0.4, 0.5) is 5.69 Å². The van der Waals surface area contributed by atoms with Gasteiger partial charge in [0, 0.05) is 32.0 Å². The number of hydrogen-bond acceptors (Lipinski definition) is 6. The first-order chi connectivity index (χ1) is 15.0. The first-order valence-electron chi connectivity index (χ1n) is 10.2. The maximum atomic E-state index is 13.5. The molecule has 1 N–H and O–H groups in total. The Kier molecular flexibility index (Phi) is 6.08. The van der Waals surface area contributed by atoms with Gasteiger partial charge in [0.25, 0.3) is 5.91 Å². The molecule has 0 unspecified atom stereocenters. The molecule has 2 aromatic carbocycles. The van der Waals surface area contributed by atoms with Gasteiger partial charge in [-0.1, -0.05) is 12.1 Å². The molecule has 2 amide bonds. The number of amides is 2. The molecule has 1 atom stereocenters. The van der Waals surface area contributed by atoms with Crippen LogP contribution in [-0.4, -0.2) is 49.0 Å². The van der Waals surface area contributed by atoms with Crippen LogP contribution in [0.1, 0.15) is 41.0 Å². The molecule has 31 heavy (non-hydrogen) atoms. The molecule has 0 radical (unpaired) electrons. The van der Waals surface area contributed by atoms with Gasteiger partial charge in [-0.2, -0.15) is 0 Å². The van der Waals surface area contributed by atoms with E-state index < -0.39 is 0 Å². The topological polar surface area (TPSA) is 80.8 Å². The fourth-order valence-electron chi connectivity index (χ4n) is 3.95. The van der Waals surface area contributed by atoms with Crippen LogP contribution in [0.15, 0.2) is 36.4 Å². The number of thiazole rings is 1. The second-order valence-electron chi connectivity index (χ2n) is 7.54. The third kappa shape index (κ3) is 4.34. The zero-order chi connectivity index (χ0) is 22.0. The number of fused-ring (bicyclic) bond motifs is 1. The fourth-order valence-corrected chi connectivity index (χ4v) is 5.04. The zero-order valence-electron chi connectivity index (χ0n) is 17.8. The first-order valence-corrected chi connectivity index (χ1v) is 11.0. The Bertz CT molecular complexity index is 1090. The minimum absolute atomic E-state index is 0.143. The molecule has 7 nitrogen and oxygen atoms in total. The van der Waals surface area contributed by atoms with Crippen molar-refractivity contribution in [3.05, 3.63) is 47.0 Å². The standard InChI is InChI=1S/C23H25N3O4S/c1-14(27)24-18-12-20(30-3)19(29-2)11-16(18)23(28)26-10-6-7-15(13-26)22-25-17-8-4-5-9-21(17)31-22/h4-5,8-9,11-12,15H,6-7,10,13H2,1-3H3,(H,24,27)/t15-/m0/s1. The summed E-state index contributed by atoms with van der Waals surface area (Å²) in [6.07, 6.45) is 1.89. The third-order valence-corrected chi connectivity index (χ3v) is 6.63. The quantitative estimate of drug-likeness (QED) is 0.641. The molecule has 1 aliphatic heterocycles. The number of nitrogens with zero attached hydrogens (tertiary/aromatic N) is 2. The van der Waals surface area contributed by atoms with E-state index in [4.69, 9.17) is 14.5 Å². The minimum Gasteiger partial charge on any atom is -0.493 e. The van der Waals surface area contributed by atoms with Gasteiger partial charge in [0.2, 0.25) is 5.91 Å². The van der Waals surface area contributed by atoms with E-state index in [1.807, 2.05) is 23.1 Å². The number of carbonyl (C=O) groups excluding carboxylic acids is 2. The van der Waals surface area contributed by atoms with Gasteiger partial charge in [0.15, 0.2) is 11.5 Å². The Morgan fingerprint density at radius 1 is 1.16 bits per heavy atom. The number of rotatable bonds is 5. The molecule has 8 heteroatoms. The third-order valence-electron chi connectivity index (χ3n) is 5.43. The molecule has 4 rings (SSSR count). The number of aromatic nitrogens is 1. The molecular weight excluding hydrogens is 414 g/mol. The van der Waals surface area contributed by atoms with Crippen molar-refractivity contribution in [2.24, 2.45) is 0 Å². The van der Waals surface area contributed by atoms with E-state index in [1.54, 1.807) is 23.5 Å². The zero-order valence-corrected chi connectivity index (χ0v) is 18.6. The van der Waals surface area contributed by atoms with Crippen LogP contribution in [0.5, 0.6) is 11.5 Å². The summed E-state index contributed by atoms with van der Waals surface area (Å²) < 4.78 is 11.9. The molecule has 1 fully saturated rings. The largest absolute Gasteiger partial charge is 0.493 e. The lowest BCUT2D eigenvalue weighted by Gasteiger charge is -2.32. The smallest absolute Gasteiger partial charge is 0.256 e. The molecular formula is C23H25N3O4S. The van der Waals surface area contributed by atoms with Crippen molar-refractivity contribution >= 4 is 39.1 Å². The number of benzene rings is 2. The average Bonchev–Trinajstić information content (AvgIpc) is 3.22. The van der Waals surface area contributed by atoms with Crippen LogP contribution in [0, 0.1) is 0 Å². The van der Waals surface area contributed by atoms with Gasteiger partial charge >= 0.3 is 0 Å². The van der Waals surface area contributed by atoms with E-state index in [0.29, 0.717) is 35.8 Å². The van der Waals surface area contributed by atoms with Gasteiger partial charge in [-0.3, -0.25) is 9.59 Å². The Balaban J connectivity index is 1.63. The molecule has 1 saturated heterocycles. The van der Waals surface area contributed by atoms with Crippen molar-refractivity contribution in [1.29, 1.82) is 0 Å². The van der Waals surface area contributed by atoms with E-state index in [1.165, 1.54) is 21.1 Å². The van der Waals surface area contributed by atoms with Crippen LogP contribution in [-0.2, 0) is 4.79 Å². The fraction of sp³-hybridized carbons (Fsp3) is 0.348. The maximum absolute atomic E-state index is 13.5. The van der Waals surface area contributed by atoms with Crippen molar-refractivity contribution in [3.63, 3.8) is 0 Å². The van der Waals surface area contributed by atoms with Gasteiger partial charge in [0.05, 0.1) is 40.7 Å². The molecule has 0 aliphatic carbocycles. The number of hydrogen-bond donors (Lipinski definition) is 1. The number of carbonyl (C=O) groups is 2. The maximum Gasteiger partial charge on any atom is 0.256 e. The van der Waals surface area contributed by atoms with E-state index >= 15 is 0 Å². The first kappa shape index (κ1) is 21.1. The van der Waals surface area contributed by atoms with Crippen molar-refractivity contribution < 1.29 is 19.1 Å². The molecule has 1 aliphatic rings. The molecule has 3 aromatic rings. The predicted octanol–water partition coefficient (Wildman–Crippen LogP) is 4.29. The highest BCUT2D eigenvalue weighted by molar-refractivity contribution is 7.18.